The summed E-state index contributed by atoms with van der Waals surface area (Å²) in [4.78, 5) is -1.05. The first-order chi connectivity index (χ1) is 8.95. The van der Waals surface area contributed by atoms with E-state index in [0.717, 1.165) is 0 Å². The lowest BCUT2D eigenvalue weighted by Gasteiger charge is -2.15. The maximum Gasteiger partial charge on any atom is 0.415 e. The van der Waals surface area contributed by atoms with Crippen LogP contribution in [-0.2, 0) is 10.0 Å². The molecule has 2 N–H and O–H groups in total. The number of nitrogens with one attached hydrogen (secondary N) is 1. The Bertz CT molecular complexity index is 581. The van der Waals surface area contributed by atoms with Crippen LogP contribution in [0.1, 0.15) is 0 Å². The Morgan fingerprint density at radius 3 is 2.30 bits per heavy atom. The molecule has 0 spiro atoms. The van der Waals surface area contributed by atoms with Gasteiger partial charge in [0.1, 0.15) is 16.5 Å². The fourth-order valence-electron chi connectivity index (χ4n) is 1.16. The lowest BCUT2D eigenvalue weighted by atomic mass is 10.3. The molecule has 0 saturated carbocycles. The van der Waals surface area contributed by atoms with Crippen LogP contribution in [0.3, 0.4) is 0 Å². The molecule has 0 aliphatic heterocycles. The van der Waals surface area contributed by atoms with Crippen LogP contribution in [0.15, 0.2) is 21.5 Å². The van der Waals surface area contributed by atoms with E-state index in [2.05, 4.69) is 15.9 Å². The summed E-state index contributed by atoms with van der Waals surface area (Å²) in [6, 6.07) is 0.900. The Kier molecular flexibility index (Phi) is 5.11. The van der Waals surface area contributed by atoms with E-state index in [0.29, 0.717) is 6.07 Å². The Hall–Kier alpha value is -0.780. The summed E-state index contributed by atoms with van der Waals surface area (Å²) in [7, 11) is -4.69. The highest BCUT2D eigenvalue weighted by atomic mass is 79.9. The first kappa shape index (κ1) is 17.3. The lowest BCUT2D eigenvalue weighted by molar-refractivity contribution is -0.200. The number of alkyl halides is 3. The first-order valence-corrected chi connectivity index (χ1v) is 7.12. The molecular weight excluding hydrogens is 377 g/mol. The van der Waals surface area contributed by atoms with Gasteiger partial charge in [0.05, 0.1) is 0 Å². The third kappa shape index (κ3) is 4.11. The van der Waals surface area contributed by atoms with E-state index in [9.17, 15) is 30.4 Å². The summed E-state index contributed by atoms with van der Waals surface area (Å²) < 4.78 is 86.4. The normalized spacial score (nSPS) is 14.3. The van der Waals surface area contributed by atoms with Crippen LogP contribution in [0.2, 0.25) is 0 Å². The number of aliphatic hydroxyl groups excluding tert-OH is 1. The van der Waals surface area contributed by atoms with Gasteiger partial charge in [-0.05, 0) is 22.0 Å². The maximum absolute atomic E-state index is 13.4. The van der Waals surface area contributed by atoms with Crippen molar-refractivity contribution in [1.29, 1.82) is 0 Å². The van der Waals surface area contributed by atoms with E-state index in [1.54, 1.807) is 0 Å². The molecule has 11 heteroatoms. The molecule has 0 bridgehead atoms. The second kappa shape index (κ2) is 5.92. The molecule has 0 heterocycles. The highest BCUT2D eigenvalue weighted by Gasteiger charge is 2.39. The van der Waals surface area contributed by atoms with Gasteiger partial charge in [-0.3, -0.25) is 0 Å². The zero-order valence-corrected chi connectivity index (χ0v) is 11.8. The zero-order valence-electron chi connectivity index (χ0n) is 9.38. The number of benzene rings is 1. The number of rotatable bonds is 4. The Morgan fingerprint density at radius 2 is 1.85 bits per heavy atom. The Balaban J connectivity index is 3.02. The molecule has 20 heavy (non-hydrogen) atoms. The van der Waals surface area contributed by atoms with Gasteiger partial charge in [-0.25, -0.2) is 21.9 Å². The van der Waals surface area contributed by atoms with Crippen molar-refractivity contribution in [2.75, 3.05) is 6.54 Å². The third-order valence-corrected chi connectivity index (χ3v) is 4.46. The van der Waals surface area contributed by atoms with Crippen molar-refractivity contribution < 1.29 is 35.5 Å². The molecule has 0 aliphatic carbocycles. The topological polar surface area (TPSA) is 66.4 Å². The summed E-state index contributed by atoms with van der Waals surface area (Å²) in [5, 5.41) is 8.66. The van der Waals surface area contributed by atoms with Crippen LogP contribution in [0.25, 0.3) is 0 Å². The van der Waals surface area contributed by atoms with Crippen LogP contribution in [0.4, 0.5) is 22.0 Å². The minimum atomic E-state index is -5.03. The summed E-state index contributed by atoms with van der Waals surface area (Å²) in [6.45, 7) is -1.39. The van der Waals surface area contributed by atoms with E-state index in [-0.39, 0.29) is 6.07 Å². The lowest BCUT2D eigenvalue weighted by Crippen LogP contribution is -2.40. The SMILES string of the molecule is O=S(=O)(NCC(O)C(F)(F)F)c1c(F)cc(F)cc1Br. The summed E-state index contributed by atoms with van der Waals surface area (Å²) in [5.41, 5.74) is 0. The van der Waals surface area contributed by atoms with Gasteiger partial charge >= 0.3 is 6.18 Å². The first-order valence-electron chi connectivity index (χ1n) is 4.84. The van der Waals surface area contributed by atoms with Gasteiger partial charge in [-0.1, -0.05) is 0 Å². The standard InChI is InChI=1S/C9H7BrF5NO3S/c10-5-1-4(11)2-6(12)8(5)20(18,19)16-3-7(17)9(13,14)15/h1-2,7,16-17H,3H2. The fourth-order valence-corrected chi connectivity index (χ4v) is 3.36. The molecule has 0 amide bonds. The van der Waals surface area contributed by atoms with Crippen molar-refractivity contribution in [3.63, 3.8) is 0 Å². The van der Waals surface area contributed by atoms with Crippen LogP contribution < -0.4 is 4.72 Å². The number of halogens is 6. The largest absolute Gasteiger partial charge is 0.415 e. The van der Waals surface area contributed by atoms with Crippen molar-refractivity contribution in [2.45, 2.75) is 17.2 Å². The van der Waals surface area contributed by atoms with Crippen molar-refractivity contribution in [1.82, 2.24) is 4.72 Å². The van der Waals surface area contributed by atoms with Gasteiger partial charge in [0.2, 0.25) is 10.0 Å². The molecule has 1 rings (SSSR count). The summed E-state index contributed by atoms with van der Waals surface area (Å²) in [6.07, 6.45) is -7.97. The van der Waals surface area contributed by atoms with E-state index >= 15 is 0 Å². The van der Waals surface area contributed by atoms with E-state index < -0.39 is 49.9 Å². The molecule has 1 aromatic carbocycles. The summed E-state index contributed by atoms with van der Waals surface area (Å²) in [5.74, 6) is -2.55. The monoisotopic (exact) mass is 383 g/mol. The van der Waals surface area contributed by atoms with Crippen LogP contribution >= 0.6 is 15.9 Å². The van der Waals surface area contributed by atoms with Gasteiger partial charge in [-0.15, -0.1) is 0 Å². The molecule has 114 valence electrons. The highest BCUT2D eigenvalue weighted by molar-refractivity contribution is 9.10. The molecule has 4 nitrogen and oxygen atoms in total. The van der Waals surface area contributed by atoms with Gasteiger partial charge in [-0.2, -0.15) is 13.2 Å². The maximum atomic E-state index is 13.4. The number of aliphatic hydroxyl groups is 1. The number of hydrogen-bond acceptors (Lipinski definition) is 3. The molecule has 1 aromatic rings. The van der Waals surface area contributed by atoms with Gasteiger partial charge in [0.15, 0.2) is 6.10 Å². The fraction of sp³-hybridized carbons (Fsp3) is 0.333. The molecule has 1 atom stereocenters. The van der Waals surface area contributed by atoms with E-state index in [4.69, 9.17) is 5.11 Å². The van der Waals surface area contributed by atoms with Gasteiger partial charge < -0.3 is 5.11 Å². The molecule has 0 aliphatic rings. The minimum absolute atomic E-state index is 0.263. The molecule has 1 unspecified atom stereocenters. The van der Waals surface area contributed by atoms with Crippen LogP contribution in [0.5, 0.6) is 0 Å². The minimum Gasteiger partial charge on any atom is -0.382 e. The number of hydrogen-bond donors (Lipinski definition) is 2. The van der Waals surface area contributed by atoms with Crippen molar-refractivity contribution >= 4 is 26.0 Å². The molecule has 0 radical (unpaired) electrons. The predicted molar refractivity (Wildman–Crippen MR) is 61.3 cm³/mol. The molecular formula is C9H7BrF5NO3S. The smallest absolute Gasteiger partial charge is 0.382 e. The van der Waals surface area contributed by atoms with Crippen molar-refractivity contribution in [3.05, 3.63) is 28.2 Å². The number of sulfonamides is 1. The molecule has 0 aromatic heterocycles. The van der Waals surface area contributed by atoms with E-state index in [1.807, 2.05) is 0 Å². The van der Waals surface area contributed by atoms with Crippen LogP contribution in [0, 0.1) is 11.6 Å². The quantitative estimate of drug-likeness (QED) is 0.780. The van der Waals surface area contributed by atoms with Crippen molar-refractivity contribution in [2.24, 2.45) is 0 Å². The van der Waals surface area contributed by atoms with Crippen LogP contribution in [-0.4, -0.2) is 32.3 Å². The second-order valence-electron chi connectivity index (χ2n) is 3.61. The highest BCUT2D eigenvalue weighted by Crippen LogP contribution is 2.26. The van der Waals surface area contributed by atoms with Gasteiger partial charge in [0.25, 0.3) is 0 Å². The average molecular weight is 384 g/mol. The zero-order chi connectivity index (χ0) is 15.7. The third-order valence-electron chi connectivity index (χ3n) is 2.08. The van der Waals surface area contributed by atoms with E-state index in [1.165, 1.54) is 4.72 Å². The molecule has 0 saturated heterocycles. The predicted octanol–water partition coefficient (Wildman–Crippen LogP) is 1.93. The average Bonchev–Trinajstić information content (AvgIpc) is 2.22. The Labute approximate surface area is 118 Å². The van der Waals surface area contributed by atoms with Gasteiger partial charge in [0, 0.05) is 17.1 Å². The second-order valence-corrected chi connectivity index (χ2v) is 6.17. The molecule has 0 fully saturated rings. The Morgan fingerprint density at radius 1 is 1.30 bits per heavy atom. The van der Waals surface area contributed by atoms with Crippen molar-refractivity contribution in [3.8, 4) is 0 Å². The summed E-state index contributed by atoms with van der Waals surface area (Å²) >= 11 is 2.60.